The van der Waals surface area contributed by atoms with E-state index in [1.807, 2.05) is 0 Å². The van der Waals surface area contributed by atoms with Crippen molar-refractivity contribution in [2.45, 2.75) is 31.7 Å². The van der Waals surface area contributed by atoms with E-state index in [1.165, 1.54) is 18.6 Å². The maximum absolute atomic E-state index is 12.6. The molecule has 2 aliphatic rings. The van der Waals surface area contributed by atoms with Gasteiger partial charge in [0, 0.05) is 37.8 Å². The fourth-order valence-corrected chi connectivity index (χ4v) is 3.61. The predicted molar refractivity (Wildman–Crippen MR) is 84.2 cm³/mol. The van der Waals surface area contributed by atoms with Crippen molar-refractivity contribution in [1.82, 2.24) is 10.2 Å². The lowest BCUT2D eigenvalue weighted by Gasteiger charge is -2.43. The number of rotatable bonds is 5. The number of hydrogen-bond donors (Lipinski definition) is 1. The summed E-state index contributed by atoms with van der Waals surface area (Å²) in [6.45, 7) is 3.55. The first-order chi connectivity index (χ1) is 11.5. The molecule has 1 aromatic rings. The van der Waals surface area contributed by atoms with E-state index in [-0.39, 0.29) is 11.8 Å². The highest BCUT2D eigenvalue weighted by Gasteiger charge is 2.36. The van der Waals surface area contributed by atoms with Gasteiger partial charge in [0.15, 0.2) is 0 Å². The van der Waals surface area contributed by atoms with Gasteiger partial charge in [0.05, 0.1) is 7.11 Å². The van der Waals surface area contributed by atoms with Gasteiger partial charge >= 0.3 is 6.36 Å². The highest BCUT2D eigenvalue weighted by Crippen LogP contribution is 2.45. The van der Waals surface area contributed by atoms with Crippen LogP contribution in [0.2, 0.25) is 0 Å². The molecule has 7 heteroatoms. The molecule has 4 nitrogen and oxygen atoms in total. The summed E-state index contributed by atoms with van der Waals surface area (Å²) >= 11 is 0. The van der Waals surface area contributed by atoms with Crippen LogP contribution in [0.3, 0.4) is 0 Å². The summed E-state index contributed by atoms with van der Waals surface area (Å²) in [6.07, 6.45) is -1.31. The van der Waals surface area contributed by atoms with Crippen LogP contribution in [0.15, 0.2) is 18.2 Å². The molecule has 24 heavy (non-hydrogen) atoms. The minimum Gasteiger partial charge on any atom is -0.496 e. The van der Waals surface area contributed by atoms with Gasteiger partial charge in [-0.1, -0.05) is 6.42 Å². The summed E-state index contributed by atoms with van der Waals surface area (Å²) in [7, 11) is 1.55. The molecule has 0 unspecified atom stereocenters. The lowest BCUT2D eigenvalue weighted by Crippen LogP contribution is -2.47. The molecule has 1 atom stereocenters. The number of methoxy groups -OCH3 is 1. The lowest BCUT2D eigenvalue weighted by molar-refractivity contribution is -0.274. The first kappa shape index (κ1) is 17.4. The molecule has 0 aromatic heterocycles. The zero-order chi connectivity index (χ0) is 17.2. The summed E-state index contributed by atoms with van der Waals surface area (Å²) in [6, 6.07) is 4.46. The quantitative estimate of drug-likeness (QED) is 0.888. The molecule has 1 heterocycles. The van der Waals surface area contributed by atoms with Gasteiger partial charge in [-0.15, -0.1) is 13.2 Å². The van der Waals surface area contributed by atoms with Crippen molar-refractivity contribution in [2.24, 2.45) is 5.92 Å². The second kappa shape index (κ2) is 7.19. The second-order valence-corrected chi connectivity index (χ2v) is 6.37. The Balaban J connectivity index is 1.93. The molecule has 1 N–H and O–H groups in total. The van der Waals surface area contributed by atoms with Crippen LogP contribution < -0.4 is 14.8 Å². The fraction of sp³-hybridized carbons (Fsp3) is 0.647. The zero-order valence-corrected chi connectivity index (χ0v) is 13.7. The van der Waals surface area contributed by atoms with E-state index in [0.29, 0.717) is 11.7 Å². The van der Waals surface area contributed by atoms with E-state index >= 15 is 0 Å². The van der Waals surface area contributed by atoms with Gasteiger partial charge in [0.1, 0.15) is 11.5 Å². The molecular formula is C17H23F3N2O2. The summed E-state index contributed by atoms with van der Waals surface area (Å²) in [5.74, 6) is 0.899. The maximum atomic E-state index is 12.6. The van der Waals surface area contributed by atoms with Crippen LogP contribution in [0, 0.1) is 5.92 Å². The number of nitrogens with zero attached hydrogens (tertiary/aromatic N) is 1. The molecule has 0 amide bonds. The topological polar surface area (TPSA) is 33.7 Å². The molecule has 0 spiro atoms. The van der Waals surface area contributed by atoms with Crippen LogP contribution in [0.5, 0.6) is 11.5 Å². The van der Waals surface area contributed by atoms with Gasteiger partial charge in [-0.3, -0.25) is 4.90 Å². The zero-order valence-electron chi connectivity index (χ0n) is 13.7. The Morgan fingerprint density at radius 2 is 1.92 bits per heavy atom. The summed E-state index contributed by atoms with van der Waals surface area (Å²) in [5.41, 5.74) is 0.797. The minimum atomic E-state index is -4.69. The van der Waals surface area contributed by atoms with Crippen LogP contribution in [0.1, 0.15) is 30.9 Å². The maximum Gasteiger partial charge on any atom is 0.573 e. The third kappa shape index (κ3) is 3.95. The predicted octanol–water partition coefficient (Wildman–Crippen LogP) is 3.34. The number of hydrogen-bond acceptors (Lipinski definition) is 4. The van der Waals surface area contributed by atoms with Crippen LogP contribution in [-0.2, 0) is 0 Å². The Hall–Kier alpha value is -1.47. The second-order valence-electron chi connectivity index (χ2n) is 6.37. The largest absolute Gasteiger partial charge is 0.573 e. The van der Waals surface area contributed by atoms with E-state index in [0.717, 1.165) is 44.6 Å². The standard InChI is InChI=1S/C17H23F3N2O2/c1-23-15-6-5-13(24-17(18,19)20)11-14(15)16(12-3-2-4-12)22-9-7-21-8-10-22/h5-6,11-12,16,21H,2-4,7-10H2,1H3/t16-/m0/s1. The first-order valence-corrected chi connectivity index (χ1v) is 8.36. The minimum absolute atomic E-state index is 0.0765. The van der Waals surface area contributed by atoms with Crippen molar-refractivity contribution in [1.29, 1.82) is 0 Å². The molecule has 0 bridgehead atoms. The van der Waals surface area contributed by atoms with E-state index in [4.69, 9.17) is 4.74 Å². The molecule has 1 saturated carbocycles. The molecule has 134 valence electrons. The smallest absolute Gasteiger partial charge is 0.496 e. The van der Waals surface area contributed by atoms with Crippen molar-refractivity contribution >= 4 is 0 Å². The lowest BCUT2D eigenvalue weighted by atomic mass is 9.76. The van der Waals surface area contributed by atoms with Gasteiger partial charge in [-0.05, 0) is 37.0 Å². The Kier molecular flexibility index (Phi) is 5.20. The normalized spacial score (nSPS) is 21.2. The third-order valence-electron chi connectivity index (χ3n) is 4.89. The number of piperazine rings is 1. The van der Waals surface area contributed by atoms with Crippen LogP contribution in [0.25, 0.3) is 0 Å². The van der Waals surface area contributed by atoms with E-state index < -0.39 is 6.36 Å². The SMILES string of the molecule is COc1ccc(OC(F)(F)F)cc1[C@H](C1CCC1)N1CCNCC1. The molecule has 1 aliphatic carbocycles. The summed E-state index contributed by atoms with van der Waals surface area (Å²) in [4.78, 5) is 2.36. The monoisotopic (exact) mass is 344 g/mol. The van der Waals surface area contributed by atoms with Gasteiger partial charge < -0.3 is 14.8 Å². The van der Waals surface area contributed by atoms with E-state index in [9.17, 15) is 13.2 Å². The number of benzene rings is 1. The van der Waals surface area contributed by atoms with Crippen molar-refractivity contribution in [3.05, 3.63) is 23.8 Å². The molecule has 1 aliphatic heterocycles. The Bertz CT molecular complexity index is 555. The highest BCUT2D eigenvalue weighted by atomic mass is 19.4. The molecule has 0 radical (unpaired) electrons. The molecule has 1 saturated heterocycles. The molecule has 1 aromatic carbocycles. The van der Waals surface area contributed by atoms with Gasteiger partial charge in [0.25, 0.3) is 0 Å². The van der Waals surface area contributed by atoms with Gasteiger partial charge in [-0.25, -0.2) is 0 Å². The number of halogens is 3. The van der Waals surface area contributed by atoms with Crippen molar-refractivity contribution < 1.29 is 22.6 Å². The first-order valence-electron chi connectivity index (χ1n) is 8.36. The fourth-order valence-electron chi connectivity index (χ4n) is 3.61. The molecule has 3 rings (SSSR count). The summed E-state index contributed by atoms with van der Waals surface area (Å²) in [5, 5.41) is 3.32. The molecule has 2 fully saturated rings. The number of ether oxygens (including phenoxy) is 2. The van der Waals surface area contributed by atoms with Crippen LogP contribution >= 0.6 is 0 Å². The number of alkyl halides is 3. The average Bonchev–Trinajstić information content (AvgIpc) is 2.50. The Morgan fingerprint density at radius 3 is 2.46 bits per heavy atom. The van der Waals surface area contributed by atoms with E-state index in [2.05, 4.69) is 15.0 Å². The van der Waals surface area contributed by atoms with Crippen molar-refractivity contribution in [3.8, 4) is 11.5 Å². The Morgan fingerprint density at radius 1 is 1.21 bits per heavy atom. The van der Waals surface area contributed by atoms with E-state index in [1.54, 1.807) is 13.2 Å². The average molecular weight is 344 g/mol. The van der Waals surface area contributed by atoms with Crippen molar-refractivity contribution in [2.75, 3.05) is 33.3 Å². The molecular weight excluding hydrogens is 321 g/mol. The van der Waals surface area contributed by atoms with Gasteiger partial charge in [0.2, 0.25) is 0 Å². The van der Waals surface area contributed by atoms with Crippen LogP contribution in [-0.4, -0.2) is 44.6 Å². The van der Waals surface area contributed by atoms with Crippen LogP contribution in [0.4, 0.5) is 13.2 Å². The Labute approximate surface area is 139 Å². The van der Waals surface area contributed by atoms with Crippen molar-refractivity contribution in [3.63, 3.8) is 0 Å². The van der Waals surface area contributed by atoms with Gasteiger partial charge in [-0.2, -0.15) is 0 Å². The highest BCUT2D eigenvalue weighted by molar-refractivity contribution is 5.43. The summed E-state index contributed by atoms with van der Waals surface area (Å²) < 4.78 is 47.3. The number of nitrogens with one attached hydrogen (secondary N) is 1. The third-order valence-corrected chi connectivity index (χ3v) is 4.89.